The third-order valence-corrected chi connectivity index (χ3v) is 8.26. The SMILES string of the molecule is CC(C)N1CCN(c2ccc(-c3cnc4ccc(C=C5SC(N6CCCC6)=NC5=O)nn34)cc2)CC1. The standard InChI is InChI=1S/C27H31N7OS/c1-19(2)31-13-15-32(16-14-31)22-8-5-20(6-9-22)23-18-28-25-10-7-21(30-34(23)25)17-24-26(35)29-27(36-24)33-11-3-4-12-33/h5-10,17-19H,3-4,11-16H2,1-2H3. The summed E-state index contributed by atoms with van der Waals surface area (Å²) in [4.78, 5) is 29.1. The van der Waals surface area contributed by atoms with E-state index in [4.69, 9.17) is 5.10 Å². The van der Waals surface area contributed by atoms with Gasteiger partial charge in [0.05, 0.1) is 22.5 Å². The van der Waals surface area contributed by atoms with E-state index in [1.807, 2.05) is 28.9 Å². The van der Waals surface area contributed by atoms with E-state index in [0.29, 0.717) is 10.9 Å². The molecule has 0 bridgehead atoms. The Balaban J connectivity index is 1.21. The van der Waals surface area contributed by atoms with E-state index in [0.717, 1.165) is 79.9 Å². The fraction of sp³-hybridized carbons (Fsp3) is 0.407. The van der Waals surface area contributed by atoms with Gasteiger partial charge in [-0.3, -0.25) is 9.69 Å². The topological polar surface area (TPSA) is 69.3 Å². The van der Waals surface area contributed by atoms with Crippen LogP contribution in [0.3, 0.4) is 0 Å². The summed E-state index contributed by atoms with van der Waals surface area (Å²) in [5.74, 6) is -0.181. The molecule has 2 fully saturated rings. The van der Waals surface area contributed by atoms with Crippen LogP contribution in [0.25, 0.3) is 23.0 Å². The zero-order chi connectivity index (χ0) is 24.6. The van der Waals surface area contributed by atoms with Gasteiger partial charge >= 0.3 is 0 Å². The van der Waals surface area contributed by atoms with Crippen LogP contribution in [0.2, 0.25) is 0 Å². The molecule has 0 unspecified atom stereocenters. The minimum absolute atomic E-state index is 0.181. The number of hydrogen-bond donors (Lipinski definition) is 0. The van der Waals surface area contributed by atoms with Gasteiger partial charge in [-0.15, -0.1) is 0 Å². The summed E-state index contributed by atoms with van der Waals surface area (Å²) in [6.07, 6.45) is 6.01. The van der Waals surface area contributed by atoms with E-state index in [-0.39, 0.29) is 5.91 Å². The molecule has 0 aliphatic carbocycles. The maximum absolute atomic E-state index is 12.5. The Kier molecular flexibility index (Phi) is 6.27. The molecular weight excluding hydrogens is 470 g/mol. The van der Waals surface area contributed by atoms with Crippen LogP contribution in [0.15, 0.2) is 52.5 Å². The summed E-state index contributed by atoms with van der Waals surface area (Å²) < 4.78 is 1.86. The van der Waals surface area contributed by atoms with Crippen molar-refractivity contribution in [2.45, 2.75) is 32.7 Å². The van der Waals surface area contributed by atoms with E-state index in [1.165, 1.54) is 17.4 Å². The number of imidazole rings is 1. The lowest BCUT2D eigenvalue weighted by Gasteiger charge is -2.38. The first-order chi connectivity index (χ1) is 17.5. The number of thioether (sulfide) groups is 1. The monoisotopic (exact) mass is 501 g/mol. The number of carbonyl (C=O) groups excluding carboxylic acids is 1. The van der Waals surface area contributed by atoms with Crippen molar-refractivity contribution in [2.75, 3.05) is 44.2 Å². The van der Waals surface area contributed by atoms with Crippen LogP contribution in [0.5, 0.6) is 0 Å². The van der Waals surface area contributed by atoms with E-state index in [1.54, 1.807) is 0 Å². The molecule has 9 heteroatoms. The molecule has 1 aromatic carbocycles. The van der Waals surface area contributed by atoms with Crippen LogP contribution in [-0.4, -0.2) is 80.8 Å². The normalized spacial score (nSPS) is 20.4. The van der Waals surface area contributed by atoms with Crippen LogP contribution in [0.4, 0.5) is 5.69 Å². The van der Waals surface area contributed by atoms with E-state index in [9.17, 15) is 4.79 Å². The number of aromatic nitrogens is 3. The van der Waals surface area contributed by atoms with Crippen molar-refractivity contribution in [3.05, 3.63) is 53.2 Å². The zero-order valence-electron chi connectivity index (χ0n) is 20.8. The Morgan fingerprint density at radius 2 is 1.67 bits per heavy atom. The Labute approximate surface area is 215 Å². The highest BCUT2D eigenvalue weighted by atomic mass is 32.2. The lowest BCUT2D eigenvalue weighted by atomic mass is 10.1. The molecule has 3 aliphatic heterocycles. The summed E-state index contributed by atoms with van der Waals surface area (Å²) in [5.41, 5.74) is 4.74. The highest BCUT2D eigenvalue weighted by Gasteiger charge is 2.28. The summed E-state index contributed by atoms with van der Waals surface area (Å²) in [6, 6.07) is 13.1. The molecule has 2 aromatic heterocycles. The summed E-state index contributed by atoms with van der Waals surface area (Å²) in [7, 11) is 0. The van der Waals surface area contributed by atoms with Gasteiger partial charge in [0.1, 0.15) is 0 Å². The van der Waals surface area contributed by atoms with Crippen molar-refractivity contribution in [1.82, 2.24) is 24.4 Å². The van der Waals surface area contributed by atoms with Crippen molar-refractivity contribution in [3.8, 4) is 11.3 Å². The number of fused-ring (bicyclic) bond motifs is 1. The molecule has 36 heavy (non-hydrogen) atoms. The third kappa shape index (κ3) is 4.53. The van der Waals surface area contributed by atoms with E-state index >= 15 is 0 Å². The van der Waals surface area contributed by atoms with Gasteiger partial charge in [-0.05, 0) is 68.8 Å². The first-order valence-corrected chi connectivity index (χ1v) is 13.6. The van der Waals surface area contributed by atoms with Gasteiger partial charge in [0, 0.05) is 56.6 Å². The van der Waals surface area contributed by atoms with Crippen LogP contribution >= 0.6 is 11.8 Å². The van der Waals surface area contributed by atoms with Gasteiger partial charge in [-0.1, -0.05) is 12.1 Å². The highest BCUT2D eigenvalue weighted by molar-refractivity contribution is 8.18. The minimum Gasteiger partial charge on any atom is -0.369 e. The number of piperazine rings is 1. The molecule has 1 amide bonds. The Morgan fingerprint density at radius 1 is 0.917 bits per heavy atom. The molecule has 3 aliphatic rings. The maximum atomic E-state index is 12.5. The zero-order valence-corrected chi connectivity index (χ0v) is 21.6. The summed E-state index contributed by atoms with van der Waals surface area (Å²) >= 11 is 1.45. The predicted molar refractivity (Wildman–Crippen MR) is 146 cm³/mol. The molecule has 2 saturated heterocycles. The Bertz CT molecular complexity index is 1330. The number of carbonyl (C=O) groups is 1. The fourth-order valence-corrected chi connectivity index (χ4v) is 6.03. The molecule has 0 atom stereocenters. The van der Waals surface area contributed by atoms with Crippen molar-refractivity contribution in [1.29, 1.82) is 0 Å². The van der Waals surface area contributed by atoms with Crippen molar-refractivity contribution in [2.24, 2.45) is 4.99 Å². The van der Waals surface area contributed by atoms with E-state index < -0.39 is 0 Å². The smallest absolute Gasteiger partial charge is 0.286 e. The molecule has 0 saturated carbocycles. The maximum Gasteiger partial charge on any atom is 0.286 e. The van der Waals surface area contributed by atoms with Gasteiger partial charge in [0.25, 0.3) is 5.91 Å². The van der Waals surface area contributed by atoms with Gasteiger partial charge in [-0.25, -0.2) is 9.50 Å². The number of hydrogen-bond acceptors (Lipinski definition) is 7. The van der Waals surface area contributed by atoms with Gasteiger partial charge in [0.15, 0.2) is 10.8 Å². The summed E-state index contributed by atoms with van der Waals surface area (Å²) in [5, 5.41) is 5.62. The van der Waals surface area contributed by atoms with Crippen LogP contribution in [-0.2, 0) is 4.79 Å². The average molecular weight is 502 g/mol. The van der Waals surface area contributed by atoms with Gasteiger partial charge in [-0.2, -0.15) is 10.1 Å². The quantitative estimate of drug-likeness (QED) is 0.501. The average Bonchev–Trinajstić information content (AvgIpc) is 3.65. The third-order valence-electron chi connectivity index (χ3n) is 7.22. The van der Waals surface area contributed by atoms with Crippen LogP contribution in [0.1, 0.15) is 32.4 Å². The minimum atomic E-state index is -0.181. The number of amidine groups is 1. The number of amides is 1. The van der Waals surface area contributed by atoms with Gasteiger partial charge < -0.3 is 9.80 Å². The first kappa shape index (κ1) is 23.2. The molecule has 186 valence electrons. The molecule has 5 heterocycles. The Hall–Kier alpha value is -3.17. The lowest BCUT2D eigenvalue weighted by Crippen LogP contribution is -2.48. The highest BCUT2D eigenvalue weighted by Crippen LogP contribution is 2.32. The number of aliphatic imine (C=N–C) groups is 1. The first-order valence-electron chi connectivity index (χ1n) is 12.8. The molecular formula is C27H31N7OS. The molecule has 0 N–H and O–H groups in total. The number of nitrogens with zero attached hydrogens (tertiary/aromatic N) is 7. The summed E-state index contributed by atoms with van der Waals surface area (Å²) in [6.45, 7) is 10.8. The van der Waals surface area contributed by atoms with Crippen LogP contribution in [0, 0.1) is 0 Å². The number of benzene rings is 1. The fourth-order valence-electron chi connectivity index (χ4n) is 5.08. The van der Waals surface area contributed by atoms with Crippen molar-refractivity contribution >= 4 is 40.2 Å². The van der Waals surface area contributed by atoms with Gasteiger partial charge in [0.2, 0.25) is 0 Å². The largest absolute Gasteiger partial charge is 0.369 e. The molecule has 6 rings (SSSR count). The molecule has 3 aromatic rings. The number of anilines is 1. The number of rotatable bonds is 4. The number of likely N-dealkylation sites (tertiary alicyclic amines) is 1. The molecule has 8 nitrogen and oxygen atoms in total. The van der Waals surface area contributed by atoms with Crippen molar-refractivity contribution in [3.63, 3.8) is 0 Å². The van der Waals surface area contributed by atoms with Crippen LogP contribution < -0.4 is 4.90 Å². The second kappa shape index (κ2) is 9.71. The second-order valence-electron chi connectivity index (χ2n) is 9.84. The molecule has 0 radical (unpaired) electrons. The molecule has 0 spiro atoms. The second-order valence-corrected chi connectivity index (χ2v) is 10.8. The lowest BCUT2D eigenvalue weighted by molar-refractivity contribution is -0.113. The van der Waals surface area contributed by atoms with E-state index in [2.05, 4.69) is 62.8 Å². The predicted octanol–water partition coefficient (Wildman–Crippen LogP) is 3.99. The van der Waals surface area contributed by atoms with Crippen molar-refractivity contribution < 1.29 is 4.79 Å². The Morgan fingerprint density at radius 3 is 2.39 bits per heavy atom.